The number of aromatic nitrogens is 1. The fourth-order valence-corrected chi connectivity index (χ4v) is 2.34. The smallest absolute Gasteiger partial charge is 0.306 e. The van der Waals surface area contributed by atoms with Crippen LogP contribution in [0.25, 0.3) is 11.5 Å². The lowest BCUT2D eigenvalue weighted by Crippen LogP contribution is -2.21. The second-order valence-corrected chi connectivity index (χ2v) is 4.65. The molecule has 1 heterocycles. The Morgan fingerprint density at radius 2 is 2.21 bits per heavy atom. The fourth-order valence-electron chi connectivity index (χ4n) is 2.34. The van der Waals surface area contributed by atoms with Gasteiger partial charge in [-0.1, -0.05) is 12.1 Å². The molecule has 0 fully saturated rings. The highest BCUT2D eigenvalue weighted by Crippen LogP contribution is 2.30. The SMILES string of the molecule is O=C(O)C1CCc2nc(-c3ccccc3F)oc2C1. The maximum atomic E-state index is 13.7. The van der Waals surface area contributed by atoms with Crippen LogP contribution in [0.4, 0.5) is 4.39 Å². The predicted molar refractivity (Wildman–Crippen MR) is 65.0 cm³/mol. The van der Waals surface area contributed by atoms with E-state index in [1.807, 2.05) is 0 Å². The van der Waals surface area contributed by atoms with Gasteiger partial charge in [-0.2, -0.15) is 0 Å². The van der Waals surface area contributed by atoms with Gasteiger partial charge in [0.05, 0.1) is 17.2 Å². The summed E-state index contributed by atoms with van der Waals surface area (Å²) in [5.41, 5.74) is 1.06. The maximum Gasteiger partial charge on any atom is 0.306 e. The van der Waals surface area contributed by atoms with Crippen molar-refractivity contribution in [3.05, 3.63) is 41.5 Å². The first-order chi connectivity index (χ1) is 9.15. The Hall–Kier alpha value is -2.17. The number of carboxylic acid groups (broad SMARTS) is 1. The van der Waals surface area contributed by atoms with Crippen LogP contribution in [-0.4, -0.2) is 16.1 Å². The number of carbonyl (C=O) groups is 1. The molecule has 0 saturated carbocycles. The van der Waals surface area contributed by atoms with Gasteiger partial charge in [0.2, 0.25) is 5.89 Å². The lowest BCUT2D eigenvalue weighted by molar-refractivity contribution is -0.142. The van der Waals surface area contributed by atoms with Crippen molar-refractivity contribution in [3.8, 4) is 11.5 Å². The van der Waals surface area contributed by atoms with E-state index in [-0.39, 0.29) is 5.89 Å². The van der Waals surface area contributed by atoms with E-state index in [0.717, 1.165) is 5.69 Å². The molecule has 1 N–H and O–H groups in total. The molecule has 1 unspecified atom stereocenters. The first-order valence-corrected chi connectivity index (χ1v) is 6.11. The third-order valence-corrected chi connectivity index (χ3v) is 3.39. The summed E-state index contributed by atoms with van der Waals surface area (Å²) in [6.45, 7) is 0. The van der Waals surface area contributed by atoms with E-state index in [9.17, 15) is 9.18 Å². The van der Waals surface area contributed by atoms with E-state index in [4.69, 9.17) is 9.52 Å². The summed E-state index contributed by atoms with van der Waals surface area (Å²) in [5.74, 6) is -0.856. The molecule has 0 bridgehead atoms. The van der Waals surface area contributed by atoms with Crippen molar-refractivity contribution < 1.29 is 18.7 Å². The molecule has 0 radical (unpaired) electrons. The van der Waals surface area contributed by atoms with Gasteiger partial charge in [-0.15, -0.1) is 0 Å². The number of carboxylic acids is 1. The van der Waals surface area contributed by atoms with Crippen LogP contribution in [0.1, 0.15) is 17.9 Å². The van der Waals surface area contributed by atoms with Gasteiger partial charge in [-0.05, 0) is 25.0 Å². The van der Waals surface area contributed by atoms with E-state index < -0.39 is 17.7 Å². The number of hydrogen-bond donors (Lipinski definition) is 1. The molecule has 0 aliphatic heterocycles. The molecule has 4 nitrogen and oxygen atoms in total. The van der Waals surface area contributed by atoms with Crippen molar-refractivity contribution in [2.45, 2.75) is 19.3 Å². The zero-order valence-electron chi connectivity index (χ0n) is 10.1. The molecule has 1 aliphatic carbocycles. The third kappa shape index (κ3) is 2.12. The number of aliphatic carboxylic acids is 1. The summed E-state index contributed by atoms with van der Waals surface area (Å²) >= 11 is 0. The van der Waals surface area contributed by atoms with Crippen LogP contribution >= 0.6 is 0 Å². The zero-order valence-corrected chi connectivity index (χ0v) is 10.1. The Balaban J connectivity index is 1.96. The van der Waals surface area contributed by atoms with Crippen molar-refractivity contribution >= 4 is 5.97 Å². The molecule has 1 aromatic carbocycles. The van der Waals surface area contributed by atoms with Gasteiger partial charge in [0.25, 0.3) is 0 Å². The van der Waals surface area contributed by atoms with E-state index in [0.29, 0.717) is 30.6 Å². The predicted octanol–water partition coefficient (Wildman–Crippen LogP) is 2.67. The number of hydrogen-bond acceptors (Lipinski definition) is 3. The number of aryl methyl sites for hydroxylation is 1. The summed E-state index contributed by atoms with van der Waals surface area (Å²) in [7, 11) is 0. The number of oxazole rings is 1. The van der Waals surface area contributed by atoms with Crippen LogP contribution in [0.2, 0.25) is 0 Å². The average molecular weight is 261 g/mol. The molecule has 1 aliphatic rings. The van der Waals surface area contributed by atoms with Gasteiger partial charge in [0.1, 0.15) is 11.6 Å². The average Bonchev–Trinajstić information content (AvgIpc) is 2.81. The molecular formula is C14H12FNO3. The van der Waals surface area contributed by atoms with E-state index in [2.05, 4.69) is 4.98 Å². The van der Waals surface area contributed by atoms with Crippen LogP contribution in [0, 0.1) is 11.7 Å². The number of nitrogens with zero attached hydrogens (tertiary/aromatic N) is 1. The Kier molecular flexibility index (Phi) is 2.81. The maximum absolute atomic E-state index is 13.7. The normalized spacial score (nSPS) is 18.1. The molecule has 0 spiro atoms. The highest BCUT2D eigenvalue weighted by molar-refractivity contribution is 5.70. The van der Waals surface area contributed by atoms with Crippen LogP contribution in [0.15, 0.2) is 28.7 Å². The van der Waals surface area contributed by atoms with Gasteiger partial charge < -0.3 is 9.52 Å². The topological polar surface area (TPSA) is 63.3 Å². The monoisotopic (exact) mass is 261 g/mol. The molecule has 19 heavy (non-hydrogen) atoms. The minimum absolute atomic E-state index is 0.231. The summed E-state index contributed by atoms with van der Waals surface area (Å²) in [5, 5.41) is 9.01. The number of benzene rings is 1. The third-order valence-electron chi connectivity index (χ3n) is 3.39. The summed E-state index contributed by atoms with van der Waals surface area (Å²) < 4.78 is 19.2. The van der Waals surface area contributed by atoms with Crippen LogP contribution in [-0.2, 0) is 17.6 Å². The summed E-state index contributed by atoms with van der Waals surface area (Å²) in [4.78, 5) is 15.2. The Morgan fingerprint density at radius 3 is 2.95 bits per heavy atom. The minimum Gasteiger partial charge on any atom is -0.481 e. The van der Waals surface area contributed by atoms with Gasteiger partial charge in [0, 0.05) is 6.42 Å². The highest BCUT2D eigenvalue weighted by Gasteiger charge is 2.29. The number of rotatable bonds is 2. The molecular weight excluding hydrogens is 249 g/mol. The van der Waals surface area contributed by atoms with E-state index in [1.165, 1.54) is 6.07 Å². The molecule has 1 aromatic heterocycles. The largest absolute Gasteiger partial charge is 0.481 e. The first-order valence-electron chi connectivity index (χ1n) is 6.11. The minimum atomic E-state index is -0.825. The molecule has 0 saturated heterocycles. The zero-order chi connectivity index (χ0) is 13.4. The van der Waals surface area contributed by atoms with Crippen molar-refractivity contribution in [3.63, 3.8) is 0 Å². The molecule has 98 valence electrons. The molecule has 3 rings (SSSR count). The first kappa shape index (κ1) is 11.9. The van der Waals surface area contributed by atoms with Crippen molar-refractivity contribution in [2.24, 2.45) is 5.92 Å². The van der Waals surface area contributed by atoms with Crippen molar-refractivity contribution in [1.29, 1.82) is 0 Å². The van der Waals surface area contributed by atoms with Gasteiger partial charge >= 0.3 is 5.97 Å². The summed E-state index contributed by atoms with van der Waals surface area (Å²) in [6.07, 6.45) is 1.43. The quantitative estimate of drug-likeness (QED) is 0.902. The van der Waals surface area contributed by atoms with Crippen molar-refractivity contribution in [1.82, 2.24) is 4.98 Å². The van der Waals surface area contributed by atoms with Crippen molar-refractivity contribution in [2.75, 3.05) is 0 Å². The molecule has 2 aromatic rings. The van der Waals surface area contributed by atoms with Crippen LogP contribution in [0.5, 0.6) is 0 Å². The molecule has 0 amide bonds. The van der Waals surface area contributed by atoms with Crippen LogP contribution in [0.3, 0.4) is 0 Å². The molecule has 1 atom stereocenters. The Bertz CT molecular complexity index is 635. The lowest BCUT2D eigenvalue weighted by Gasteiger charge is -2.15. The van der Waals surface area contributed by atoms with E-state index in [1.54, 1.807) is 18.2 Å². The van der Waals surface area contributed by atoms with Crippen LogP contribution < -0.4 is 0 Å². The van der Waals surface area contributed by atoms with Gasteiger partial charge in [-0.3, -0.25) is 4.79 Å². The highest BCUT2D eigenvalue weighted by atomic mass is 19.1. The number of fused-ring (bicyclic) bond motifs is 1. The standard InChI is InChI=1S/C14H12FNO3/c15-10-4-2-1-3-9(10)13-16-11-6-5-8(14(17)18)7-12(11)19-13/h1-4,8H,5-7H2,(H,17,18). The Morgan fingerprint density at radius 1 is 1.42 bits per heavy atom. The molecule has 5 heteroatoms. The fraction of sp³-hybridized carbons (Fsp3) is 0.286. The van der Waals surface area contributed by atoms with Gasteiger partial charge in [-0.25, -0.2) is 9.37 Å². The van der Waals surface area contributed by atoms with E-state index >= 15 is 0 Å². The Labute approximate surface area is 108 Å². The second kappa shape index (κ2) is 4.50. The second-order valence-electron chi connectivity index (χ2n) is 4.65. The number of halogens is 1. The lowest BCUT2D eigenvalue weighted by atomic mass is 9.91. The summed E-state index contributed by atoms with van der Waals surface area (Å²) in [6, 6.07) is 6.25. The van der Waals surface area contributed by atoms with Gasteiger partial charge in [0.15, 0.2) is 0 Å².